The number of furan rings is 1. The van der Waals surface area contributed by atoms with E-state index >= 15 is 0 Å². The van der Waals surface area contributed by atoms with Crippen LogP contribution in [0.2, 0.25) is 0 Å². The van der Waals surface area contributed by atoms with Gasteiger partial charge in [-0.25, -0.2) is 0 Å². The molecule has 0 saturated carbocycles. The van der Waals surface area contributed by atoms with E-state index in [0.717, 1.165) is 18.4 Å². The fraction of sp³-hybridized carbons (Fsp3) is 0.444. The third kappa shape index (κ3) is 4.84. The minimum atomic E-state index is -4.33. The van der Waals surface area contributed by atoms with E-state index in [-0.39, 0.29) is 12.7 Å². The lowest BCUT2D eigenvalue weighted by molar-refractivity contribution is -0.137. The van der Waals surface area contributed by atoms with Gasteiger partial charge in [-0.2, -0.15) is 13.2 Å². The zero-order valence-corrected chi connectivity index (χ0v) is 13.6. The maximum Gasteiger partial charge on any atom is 0.416 e. The molecule has 1 aromatic heterocycles. The Bertz CT molecular complexity index is 699. The Labute approximate surface area is 143 Å². The molecule has 1 fully saturated rings. The summed E-state index contributed by atoms with van der Waals surface area (Å²) in [5, 5.41) is 9.04. The lowest BCUT2D eigenvalue weighted by Crippen LogP contribution is -2.42. The number of hydrogen-bond acceptors (Lipinski definition) is 4. The molecular weight excluding hydrogens is 335 g/mol. The number of halogens is 3. The molecule has 0 spiro atoms. The second-order valence-electron chi connectivity index (χ2n) is 6.16. The third-order valence-corrected chi connectivity index (χ3v) is 4.19. The highest BCUT2D eigenvalue weighted by molar-refractivity contribution is 5.26. The van der Waals surface area contributed by atoms with Crippen molar-refractivity contribution in [2.45, 2.75) is 31.9 Å². The van der Waals surface area contributed by atoms with Crippen molar-refractivity contribution in [3.8, 4) is 0 Å². The molecule has 2 heterocycles. The summed E-state index contributed by atoms with van der Waals surface area (Å²) in [6.07, 6.45) is -4.07. The summed E-state index contributed by atoms with van der Waals surface area (Å²) in [5.74, 6) is 1.27. The summed E-state index contributed by atoms with van der Waals surface area (Å²) in [5.41, 5.74) is -0.0213. The van der Waals surface area contributed by atoms with Gasteiger partial charge in [-0.3, -0.25) is 4.90 Å². The van der Waals surface area contributed by atoms with E-state index in [1.807, 2.05) is 6.07 Å². The first kappa shape index (κ1) is 18.0. The van der Waals surface area contributed by atoms with Gasteiger partial charge in [0.2, 0.25) is 0 Å². The van der Waals surface area contributed by atoms with Crippen molar-refractivity contribution < 1.29 is 27.4 Å². The van der Waals surface area contributed by atoms with Gasteiger partial charge in [0, 0.05) is 13.1 Å². The van der Waals surface area contributed by atoms with Crippen LogP contribution in [-0.2, 0) is 30.5 Å². The summed E-state index contributed by atoms with van der Waals surface area (Å²) >= 11 is 0. The summed E-state index contributed by atoms with van der Waals surface area (Å²) < 4.78 is 49.6. The second-order valence-corrected chi connectivity index (χ2v) is 6.16. The van der Waals surface area contributed by atoms with E-state index in [2.05, 4.69) is 4.90 Å². The van der Waals surface area contributed by atoms with Gasteiger partial charge in [-0.05, 0) is 30.2 Å². The first-order valence-electron chi connectivity index (χ1n) is 8.12. The Morgan fingerprint density at radius 1 is 1.16 bits per heavy atom. The summed E-state index contributed by atoms with van der Waals surface area (Å²) in [4.78, 5) is 2.14. The Balaban J connectivity index is 1.60. The molecule has 4 nitrogen and oxygen atoms in total. The van der Waals surface area contributed by atoms with Crippen LogP contribution in [-0.4, -0.2) is 35.8 Å². The zero-order valence-electron chi connectivity index (χ0n) is 13.6. The average Bonchev–Trinajstić information content (AvgIpc) is 3.02. The number of aliphatic hydroxyl groups is 1. The predicted molar refractivity (Wildman–Crippen MR) is 84.8 cm³/mol. The van der Waals surface area contributed by atoms with Crippen LogP contribution in [0.15, 0.2) is 40.8 Å². The molecule has 1 saturated heterocycles. The third-order valence-electron chi connectivity index (χ3n) is 4.19. The molecule has 1 aromatic carbocycles. The van der Waals surface area contributed by atoms with E-state index in [1.54, 1.807) is 12.1 Å². The molecule has 0 amide bonds. The quantitative estimate of drug-likeness (QED) is 0.895. The van der Waals surface area contributed by atoms with Crippen molar-refractivity contribution >= 4 is 0 Å². The van der Waals surface area contributed by atoms with Gasteiger partial charge in [-0.1, -0.05) is 18.2 Å². The number of benzene rings is 1. The summed E-state index contributed by atoms with van der Waals surface area (Å²) in [6, 6.07) is 8.93. The van der Waals surface area contributed by atoms with E-state index in [9.17, 15) is 13.2 Å². The first-order valence-corrected chi connectivity index (χ1v) is 8.12. The van der Waals surface area contributed by atoms with Crippen LogP contribution in [0, 0.1) is 0 Å². The molecule has 2 aromatic rings. The number of aliphatic hydroxyl groups excluding tert-OH is 1. The molecule has 0 aliphatic carbocycles. The standard InChI is InChI=1S/C18H20F3NO3/c19-18(20,21)14-3-1-2-13(8-14)9-17-11-22(6-7-24-17)10-15-4-5-16(12-23)25-15/h1-5,8,17,23H,6-7,9-12H2/t17-/m0/s1. The molecule has 1 aliphatic rings. The Morgan fingerprint density at radius 2 is 1.96 bits per heavy atom. The van der Waals surface area contributed by atoms with Crippen molar-refractivity contribution in [2.75, 3.05) is 19.7 Å². The largest absolute Gasteiger partial charge is 0.462 e. The highest BCUT2D eigenvalue weighted by atomic mass is 19.4. The van der Waals surface area contributed by atoms with E-state index in [4.69, 9.17) is 14.3 Å². The highest BCUT2D eigenvalue weighted by Gasteiger charge is 2.30. The van der Waals surface area contributed by atoms with Crippen molar-refractivity contribution in [3.05, 3.63) is 59.0 Å². The first-order chi connectivity index (χ1) is 11.9. The minimum absolute atomic E-state index is 0.138. The maximum atomic E-state index is 12.8. The molecule has 0 bridgehead atoms. The maximum absolute atomic E-state index is 12.8. The minimum Gasteiger partial charge on any atom is -0.462 e. The molecule has 1 N–H and O–H groups in total. The lowest BCUT2D eigenvalue weighted by Gasteiger charge is -2.32. The van der Waals surface area contributed by atoms with Crippen LogP contribution >= 0.6 is 0 Å². The molecule has 0 radical (unpaired) electrons. The molecule has 136 valence electrons. The van der Waals surface area contributed by atoms with Gasteiger partial charge in [0.05, 0.1) is 24.8 Å². The Kier molecular flexibility index (Phi) is 5.46. The smallest absolute Gasteiger partial charge is 0.416 e. The predicted octanol–water partition coefficient (Wildman–Crippen LogP) is 3.23. The van der Waals surface area contributed by atoms with Gasteiger partial charge in [0.1, 0.15) is 18.1 Å². The molecule has 3 rings (SSSR count). The van der Waals surface area contributed by atoms with Crippen molar-refractivity contribution in [3.63, 3.8) is 0 Å². The lowest BCUT2D eigenvalue weighted by atomic mass is 10.0. The van der Waals surface area contributed by atoms with Crippen LogP contribution in [0.1, 0.15) is 22.6 Å². The van der Waals surface area contributed by atoms with Crippen LogP contribution in [0.4, 0.5) is 13.2 Å². The van der Waals surface area contributed by atoms with E-state index < -0.39 is 11.7 Å². The summed E-state index contributed by atoms with van der Waals surface area (Å²) in [6.45, 7) is 2.32. The zero-order chi connectivity index (χ0) is 17.9. The number of nitrogens with zero attached hydrogens (tertiary/aromatic N) is 1. The number of morpholine rings is 1. The molecule has 7 heteroatoms. The number of ether oxygens (including phenoxy) is 1. The van der Waals surface area contributed by atoms with Gasteiger partial charge in [0.25, 0.3) is 0 Å². The van der Waals surface area contributed by atoms with Crippen molar-refractivity contribution in [2.24, 2.45) is 0 Å². The van der Waals surface area contributed by atoms with Crippen LogP contribution in [0.3, 0.4) is 0 Å². The molecule has 0 unspecified atom stereocenters. The summed E-state index contributed by atoms with van der Waals surface area (Å²) in [7, 11) is 0. The number of alkyl halides is 3. The van der Waals surface area contributed by atoms with Gasteiger partial charge >= 0.3 is 6.18 Å². The van der Waals surface area contributed by atoms with E-state index in [1.165, 1.54) is 12.1 Å². The fourth-order valence-corrected chi connectivity index (χ4v) is 3.00. The monoisotopic (exact) mass is 355 g/mol. The Hall–Kier alpha value is -1.83. The second kappa shape index (κ2) is 7.59. The van der Waals surface area contributed by atoms with Crippen LogP contribution in [0.25, 0.3) is 0 Å². The molecular formula is C18H20F3NO3. The van der Waals surface area contributed by atoms with Crippen LogP contribution < -0.4 is 0 Å². The average molecular weight is 355 g/mol. The number of hydrogen-bond donors (Lipinski definition) is 1. The fourth-order valence-electron chi connectivity index (χ4n) is 3.00. The molecule has 1 atom stereocenters. The van der Waals surface area contributed by atoms with Crippen molar-refractivity contribution in [1.82, 2.24) is 4.90 Å². The molecule has 1 aliphatic heterocycles. The van der Waals surface area contributed by atoms with Gasteiger partial charge in [0.15, 0.2) is 0 Å². The molecule has 25 heavy (non-hydrogen) atoms. The SMILES string of the molecule is OCc1ccc(CN2CCO[C@@H](Cc3cccc(C(F)(F)F)c3)C2)o1. The normalized spacial score (nSPS) is 19.3. The van der Waals surface area contributed by atoms with Gasteiger partial charge in [-0.15, -0.1) is 0 Å². The highest BCUT2D eigenvalue weighted by Crippen LogP contribution is 2.30. The van der Waals surface area contributed by atoms with Crippen LogP contribution in [0.5, 0.6) is 0 Å². The Morgan fingerprint density at radius 3 is 2.68 bits per heavy atom. The van der Waals surface area contributed by atoms with E-state index in [0.29, 0.717) is 37.4 Å². The topological polar surface area (TPSA) is 45.8 Å². The van der Waals surface area contributed by atoms with Crippen molar-refractivity contribution in [1.29, 1.82) is 0 Å². The number of rotatable bonds is 5. The van der Waals surface area contributed by atoms with Gasteiger partial charge < -0.3 is 14.3 Å².